The first kappa shape index (κ1) is 15.3. The Morgan fingerprint density at radius 3 is 2.55 bits per heavy atom. The minimum Gasteiger partial charge on any atom is -0.367 e. The fourth-order valence-electron chi connectivity index (χ4n) is 2.91. The Kier molecular flexibility index (Phi) is 5.44. The van der Waals surface area contributed by atoms with Crippen LogP contribution in [0, 0.1) is 0 Å². The topological polar surface area (TPSA) is 18.5 Å². The molecule has 3 nitrogen and oxygen atoms in total. The average molecular weight is 275 g/mol. The number of nitrogens with one attached hydrogen (secondary N) is 1. The van der Waals surface area contributed by atoms with Crippen LogP contribution < -0.4 is 10.2 Å². The molecule has 0 bridgehead atoms. The molecule has 1 unspecified atom stereocenters. The molecular weight excluding hydrogens is 246 g/mol. The van der Waals surface area contributed by atoms with Crippen LogP contribution in [0.4, 0.5) is 5.69 Å². The second-order valence-corrected chi connectivity index (χ2v) is 6.45. The van der Waals surface area contributed by atoms with E-state index in [1.165, 1.54) is 30.6 Å². The standard InChI is InChI=1S/C17H29N3/c1-14(2)18-12-15-7-9-16(10-8-15)20-11-5-6-17(20)13-19(3)4/h7-10,14,17-18H,5-6,11-13H2,1-4H3. The molecule has 1 aliphatic rings. The minimum atomic E-state index is 0.540. The molecule has 0 spiro atoms. The molecule has 0 aromatic heterocycles. The Bertz CT molecular complexity index is 397. The maximum Gasteiger partial charge on any atom is 0.0417 e. The van der Waals surface area contributed by atoms with Crippen LogP contribution in [0.3, 0.4) is 0 Å². The molecule has 0 aliphatic carbocycles. The molecule has 1 fully saturated rings. The molecule has 112 valence electrons. The zero-order valence-corrected chi connectivity index (χ0v) is 13.4. The molecule has 1 aromatic rings. The molecule has 1 atom stereocenters. The van der Waals surface area contributed by atoms with Gasteiger partial charge in [-0.1, -0.05) is 26.0 Å². The smallest absolute Gasteiger partial charge is 0.0417 e. The first-order valence-electron chi connectivity index (χ1n) is 7.80. The molecule has 0 saturated carbocycles. The van der Waals surface area contributed by atoms with E-state index in [4.69, 9.17) is 0 Å². The maximum absolute atomic E-state index is 3.47. The number of hydrogen-bond acceptors (Lipinski definition) is 3. The van der Waals surface area contributed by atoms with Gasteiger partial charge in [-0.15, -0.1) is 0 Å². The third-order valence-corrected chi connectivity index (χ3v) is 3.94. The van der Waals surface area contributed by atoms with E-state index in [1.54, 1.807) is 0 Å². The summed E-state index contributed by atoms with van der Waals surface area (Å²) in [5.74, 6) is 0. The average Bonchev–Trinajstić information content (AvgIpc) is 2.84. The number of rotatable bonds is 6. The Balaban J connectivity index is 1.98. The second kappa shape index (κ2) is 7.09. The number of anilines is 1. The molecule has 1 heterocycles. The summed E-state index contributed by atoms with van der Waals surface area (Å²) in [7, 11) is 4.33. The normalized spacial score (nSPS) is 19.3. The molecule has 0 radical (unpaired) electrons. The second-order valence-electron chi connectivity index (χ2n) is 6.45. The highest BCUT2D eigenvalue weighted by Gasteiger charge is 2.24. The van der Waals surface area contributed by atoms with Gasteiger partial charge in [0.15, 0.2) is 0 Å². The van der Waals surface area contributed by atoms with Gasteiger partial charge in [-0.3, -0.25) is 0 Å². The molecule has 0 amide bonds. The van der Waals surface area contributed by atoms with Crippen molar-refractivity contribution in [3.8, 4) is 0 Å². The number of benzene rings is 1. The van der Waals surface area contributed by atoms with Crippen molar-refractivity contribution in [2.75, 3.05) is 32.1 Å². The number of nitrogens with zero attached hydrogens (tertiary/aromatic N) is 2. The van der Waals surface area contributed by atoms with E-state index in [-0.39, 0.29) is 0 Å². The summed E-state index contributed by atoms with van der Waals surface area (Å²) in [5.41, 5.74) is 2.74. The van der Waals surface area contributed by atoms with Gasteiger partial charge >= 0.3 is 0 Å². The zero-order chi connectivity index (χ0) is 14.5. The quantitative estimate of drug-likeness (QED) is 0.861. The molecule has 3 heteroatoms. The Morgan fingerprint density at radius 1 is 1.25 bits per heavy atom. The third kappa shape index (κ3) is 4.22. The summed E-state index contributed by atoms with van der Waals surface area (Å²) in [6.07, 6.45) is 2.63. The van der Waals surface area contributed by atoms with E-state index in [0.717, 1.165) is 13.1 Å². The van der Waals surface area contributed by atoms with Crippen LogP contribution in [0.25, 0.3) is 0 Å². The van der Waals surface area contributed by atoms with Crippen molar-refractivity contribution < 1.29 is 0 Å². The highest BCUT2D eigenvalue weighted by atomic mass is 15.2. The van der Waals surface area contributed by atoms with Crippen LogP contribution in [0.15, 0.2) is 24.3 Å². The zero-order valence-electron chi connectivity index (χ0n) is 13.4. The van der Waals surface area contributed by atoms with Crippen LogP contribution in [-0.2, 0) is 6.54 Å². The lowest BCUT2D eigenvalue weighted by molar-refractivity contribution is 0.372. The molecule has 20 heavy (non-hydrogen) atoms. The molecule has 1 aromatic carbocycles. The molecule has 1 saturated heterocycles. The van der Waals surface area contributed by atoms with E-state index in [0.29, 0.717) is 12.1 Å². The first-order chi connectivity index (χ1) is 9.56. The number of likely N-dealkylation sites (N-methyl/N-ethyl adjacent to an activating group) is 1. The van der Waals surface area contributed by atoms with Crippen molar-refractivity contribution in [2.24, 2.45) is 0 Å². The van der Waals surface area contributed by atoms with E-state index in [1.807, 2.05) is 0 Å². The van der Waals surface area contributed by atoms with Gasteiger partial charge in [0.25, 0.3) is 0 Å². The molecular formula is C17H29N3. The van der Waals surface area contributed by atoms with Crippen LogP contribution >= 0.6 is 0 Å². The summed E-state index contributed by atoms with van der Waals surface area (Å²) in [5, 5.41) is 3.47. The van der Waals surface area contributed by atoms with Gasteiger partial charge in [0.1, 0.15) is 0 Å². The van der Waals surface area contributed by atoms with E-state index < -0.39 is 0 Å². The summed E-state index contributed by atoms with van der Waals surface area (Å²) >= 11 is 0. The van der Waals surface area contributed by atoms with Gasteiger partial charge in [-0.2, -0.15) is 0 Å². The van der Waals surface area contributed by atoms with Crippen LogP contribution in [0.2, 0.25) is 0 Å². The predicted octanol–water partition coefficient (Wildman–Crippen LogP) is 2.72. The first-order valence-corrected chi connectivity index (χ1v) is 7.80. The van der Waals surface area contributed by atoms with Crippen molar-refractivity contribution >= 4 is 5.69 Å². The van der Waals surface area contributed by atoms with E-state index >= 15 is 0 Å². The predicted molar refractivity (Wildman–Crippen MR) is 87.3 cm³/mol. The largest absolute Gasteiger partial charge is 0.367 e. The number of hydrogen-bond donors (Lipinski definition) is 1. The van der Waals surface area contributed by atoms with Gasteiger partial charge in [-0.25, -0.2) is 0 Å². The molecule has 1 N–H and O–H groups in total. The Hall–Kier alpha value is -1.06. The minimum absolute atomic E-state index is 0.540. The van der Waals surface area contributed by atoms with Crippen LogP contribution in [0.1, 0.15) is 32.3 Å². The summed E-state index contributed by atoms with van der Waals surface area (Å²) in [6, 6.07) is 10.3. The van der Waals surface area contributed by atoms with Gasteiger partial charge in [0, 0.05) is 37.4 Å². The summed E-state index contributed by atoms with van der Waals surface area (Å²) in [4.78, 5) is 4.86. The van der Waals surface area contributed by atoms with Crippen LogP contribution in [-0.4, -0.2) is 44.2 Å². The van der Waals surface area contributed by atoms with Crippen molar-refractivity contribution in [3.05, 3.63) is 29.8 Å². The SMILES string of the molecule is CC(C)NCc1ccc(N2CCCC2CN(C)C)cc1. The van der Waals surface area contributed by atoms with Gasteiger partial charge < -0.3 is 15.1 Å². The van der Waals surface area contributed by atoms with Crippen LogP contribution in [0.5, 0.6) is 0 Å². The molecule has 2 rings (SSSR count). The van der Waals surface area contributed by atoms with Gasteiger partial charge in [0.05, 0.1) is 0 Å². The van der Waals surface area contributed by atoms with Crippen molar-refractivity contribution in [2.45, 2.75) is 45.3 Å². The highest BCUT2D eigenvalue weighted by molar-refractivity contribution is 5.49. The lowest BCUT2D eigenvalue weighted by Crippen LogP contribution is -2.37. The lowest BCUT2D eigenvalue weighted by Gasteiger charge is -2.29. The van der Waals surface area contributed by atoms with Gasteiger partial charge in [0.2, 0.25) is 0 Å². The maximum atomic E-state index is 3.47. The summed E-state index contributed by atoms with van der Waals surface area (Å²) < 4.78 is 0. The van der Waals surface area contributed by atoms with Crippen molar-refractivity contribution in [1.82, 2.24) is 10.2 Å². The van der Waals surface area contributed by atoms with Crippen molar-refractivity contribution in [3.63, 3.8) is 0 Å². The fraction of sp³-hybridized carbons (Fsp3) is 0.647. The van der Waals surface area contributed by atoms with Crippen molar-refractivity contribution in [1.29, 1.82) is 0 Å². The monoisotopic (exact) mass is 275 g/mol. The van der Waals surface area contributed by atoms with E-state index in [9.17, 15) is 0 Å². The Morgan fingerprint density at radius 2 is 1.95 bits per heavy atom. The fourth-order valence-corrected chi connectivity index (χ4v) is 2.91. The van der Waals surface area contributed by atoms with E-state index in [2.05, 4.69) is 67.3 Å². The third-order valence-electron chi connectivity index (χ3n) is 3.94. The summed E-state index contributed by atoms with van der Waals surface area (Å²) in [6.45, 7) is 7.67. The molecule has 1 aliphatic heterocycles. The Labute approximate surface area is 124 Å². The highest BCUT2D eigenvalue weighted by Crippen LogP contribution is 2.26. The van der Waals surface area contributed by atoms with Gasteiger partial charge in [-0.05, 0) is 44.6 Å². The lowest BCUT2D eigenvalue weighted by atomic mass is 10.1.